The number of nitrogens with zero attached hydrogens (tertiary/aromatic N) is 1. The SMILES string of the molecule is CCCN(C1CC1)S(=O)(=O)c1cccc(C#CCO)c1. The van der Waals surface area contributed by atoms with Crippen LogP contribution < -0.4 is 0 Å². The number of rotatable bonds is 5. The van der Waals surface area contributed by atoms with Crippen molar-refractivity contribution in [2.45, 2.75) is 37.1 Å². The Kier molecular flexibility index (Phi) is 4.81. The van der Waals surface area contributed by atoms with Gasteiger partial charge in [0.2, 0.25) is 10.0 Å². The lowest BCUT2D eigenvalue weighted by Crippen LogP contribution is -2.33. The van der Waals surface area contributed by atoms with E-state index in [2.05, 4.69) is 11.8 Å². The van der Waals surface area contributed by atoms with E-state index in [1.54, 1.807) is 28.6 Å². The maximum Gasteiger partial charge on any atom is 0.243 e. The van der Waals surface area contributed by atoms with Crippen LogP contribution in [0.25, 0.3) is 0 Å². The monoisotopic (exact) mass is 293 g/mol. The third kappa shape index (κ3) is 3.40. The van der Waals surface area contributed by atoms with E-state index in [-0.39, 0.29) is 17.5 Å². The molecule has 0 bridgehead atoms. The summed E-state index contributed by atoms with van der Waals surface area (Å²) in [6.45, 7) is 2.30. The molecule has 1 fully saturated rings. The van der Waals surface area contributed by atoms with Crippen LogP contribution in [0, 0.1) is 11.8 Å². The first-order valence-corrected chi connectivity index (χ1v) is 8.25. The van der Waals surface area contributed by atoms with Crippen molar-refractivity contribution >= 4 is 10.0 Å². The first-order valence-electron chi connectivity index (χ1n) is 6.81. The zero-order chi connectivity index (χ0) is 14.6. The standard InChI is InChI=1S/C15H19NO3S/c1-2-10-16(14-8-9-14)20(18,19)15-7-3-5-13(12-15)6-4-11-17/h3,5,7,12,14,17H,2,8-11H2,1H3. The van der Waals surface area contributed by atoms with Crippen LogP contribution in [0.5, 0.6) is 0 Å². The van der Waals surface area contributed by atoms with Crippen LogP contribution in [0.3, 0.4) is 0 Å². The summed E-state index contributed by atoms with van der Waals surface area (Å²) in [5.41, 5.74) is 0.604. The Balaban J connectivity index is 2.32. The van der Waals surface area contributed by atoms with Crippen LogP contribution in [0.2, 0.25) is 0 Å². The van der Waals surface area contributed by atoms with E-state index >= 15 is 0 Å². The Morgan fingerprint density at radius 3 is 2.75 bits per heavy atom. The van der Waals surface area contributed by atoms with Crippen molar-refractivity contribution < 1.29 is 13.5 Å². The molecular weight excluding hydrogens is 274 g/mol. The van der Waals surface area contributed by atoms with Crippen LogP contribution in [0.15, 0.2) is 29.2 Å². The number of benzene rings is 1. The summed E-state index contributed by atoms with van der Waals surface area (Å²) < 4.78 is 26.9. The highest BCUT2D eigenvalue weighted by molar-refractivity contribution is 7.89. The summed E-state index contributed by atoms with van der Waals surface area (Å²) in [5.74, 6) is 5.27. The molecule has 1 aliphatic carbocycles. The molecule has 5 heteroatoms. The second-order valence-corrected chi connectivity index (χ2v) is 6.73. The molecule has 0 aromatic heterocycles. The van der Waals surface area contributed by atoms with Gasteiger partial charge in [0.1, 0.15) is 6.61 Å². The number of aliphatic hydroxyl groups is 1. The Bertz CT molecular complexity index is 624. The molecule has 4 nitrogen and oxygen atoms in total. The first-order chi connectivity index (χ1) is 9.59. The molecule has 1 aliphatic rings. The summed E-state index contributed by atoms with van der Waals surface area (Å²) in [6, 6.07) is 6.76. The number of hydrogen-bond donors (Lipinski definition) is 1. The highest BCUT2D eigenvalue weighted by Crippen LogP contribution is 2.32. The molecule has 0 spiro atoms. The maximum absolute atomic E-state index is 12.7. The first kappa shape index (κ1) is 15.0. The van der Waals surface area contributed by atoms with E-state index in [0.717, 1.165) is 19.3 Å². The van der Waals surface area contributed by atoms with Crippen LogP contribution >= 0.6 is 0 Å². The third-order valence-electron chi connectivity index (χ3n) is 3.15. The molecular formula is C15H19NO3S. The Morgan fingerprint density at radius 2 is 2.15 bits per heavy atom. The Morgan fingerprint density at radius 1 is 1.40 bits per heavy atom. The van der Waals surface area contributed by atoms with Gasteiger partial charge in [-0.2, -0.15) is 4.31 Å². The normalized spacial score (nSPS) is 14.9. The van der Waals surface area contributed by atoms with Crippen LogP contribution in [-0.2, 0) is 10.0 Å². The van der Waals surface area contributed by atoms with Crippen molar-refractivity contribution in [3.8, 4) is 11.8 Å². The average Bonchev–Trinajstić information content (AvgIpc) is 3.27. The topological polar surface area (TPSA) is 57.6 Å². The molecule has 1 N–H and O–H groups in total. The minimum Gasteiger partial charge on any atom is -0.384 e. The van der Waals surface area contributed by atoms with Crippen molar-refractivity contribution in [3.63, 3.8) is 0 Å². The maximum atomic E-state index is 12.7. The van der Waals surface area contributed by atoms with E-state index in [4.69, 9.17) is 5.11 Å². The minimum absolute atomic E-state index is 0.159. The van der Waals surface area contributed by atoms with Crippen molar-refractivity contribution in [3.05, 3.63) is 29.8 Å². The molecule has 0 aliphatic heterocycles. The fourth-order valence-corrected chi connectivity index (χ4v) is 3.92. The van der Waals surface area contributed by atoms with Gasteiger partial charge in [-0.25, -0.2) is 8.42 Å². The zero-order valence-electron chi connectivity index (χ0n) is 11.5. The fourth-order valence-electron chi connectivity index (χ4n) is 2.09. The molecule has 0 amide bonds. The van der Waals surface area contributed by atoms with E-state index in [0.29, 0.717) is 12.1 Å². The quantitative estimate of drug-likeness (QED) is 0.839. The Hall–Kier alpha value is -1.35. The van der Waals surface area contributed by atoms with Crippen LogP contribution in [0.4, 0.5) is 0 Å². The van der Waals surface area contributed by atoms with E-state index < -0.39 is 10.0 Å². The molecule has 1 aromatic rings. The molecule has 0 atom stereocenters. The molecule has 108 valence electrons. The van der Waals surface area contributed by atoms with Crippen LogP contribution in [0.1, 0.15) is 31.7 Å². The van der Waals surface area contributed by atoms with Gasteiger partial charge in [0.25, 0.3) is 0 Å². The molecule has 0 unspecified atom stereocenters. The van der Waals surface area contributed by atoms with Crippen molar-refractivity contribution in [2.75, 3.05) is 13.2 Å². The van der Waals surface area contributed by atoms with Gasteiger partial charge >= 0.3 is 0 Å². The van der Waals surface area contributed by atoms with Gasteiger partial charge < -0.3 is 5.11 Å². The molecule has 2 rings (SSSR count). The van der Waals surface area contributed by atoms with Crippen LogP contribution in [-0.4, -0.2) is 37.0 Å². The lowest BCUT2D eigenvalue weighted by Gasteiger charge is -2.21. The highest BCUT2D eigenvalue weighted by Gasteiger charge is 2.37. The molecule has 0 saturated heterocycles. The Labute approximate surface area is 120 Å². The highest BCUT2D eigenvalue weighted by atomic mass is 32.2. The van der Waals surface area contributed by atoms with E-state index in [9.17, 15) is 8.42 Å². The molecule has 1 aromatic carbocycles. The average molecular weight is 293 g/mol. The second kappa shape index (κ2) is 6.40. The van der Waals surface area contributed by atoms with Gasteiger partial charge in [-0.1, -0.05) is 24.8 Å². The van der Waals surface area contributed by atoms with Gasteiger partial charge in [0.05, 0.1) is 4.90 Å². The second-order valence-electron chi connectivity index (χ2n) is 4.83. The van der Waals surface area contributed by atoms with E-state index in [1.807, 2.05) is 6.92 Å². The summed E-state index contributed by atoms with van der Waals surface area (Å²) in [7, 11) is -3.44. The summed E-state index contributed by atoms with van der Waals surface area (Å²) >= 11 is 0. The fraction of sp³-hybridized carbons (Fsp3) is 0.467. The lowest BCUT2D eigenvalue weighted by molar-refractivity contribution is 0.350. The van der Waals surface area contributed by atoms with Crippen molar-refractivity contribution in [1.82, 2.24) is 4.31 Å². The van der Waals surface area contributed by atoms with Crippen molar-refractivity contribution in [2.24, 2.45) is 0 Å². The number of hydrogen-bond acceptors (Lipinski definition) is 3. The summed E-state index contributed by atoms with van der Waals surface area (Å²) in [4.78, 5) is 0.280. The summed E-state index contributed by atoms with van der Waals surface area (Å²) in [6.07, 6.45) is 2.70. The molecule has 0 radical (unpaired) electrons. The van der Waals surface area contributed by atoms with Gasteiger partial charge in [0.15, 0.2) is 0 Å². The smallest absolute Gasteiger partial charge is 0.243 e. The van der Waals surface area contributed by atoms with Gasteiger partial charge in [-0.3, -0.25) is 0 Å². The predicted octanol–water partition coefficient (Wildman–Crippen LogP) is 1.59. The number of sulfonamides is 1. The summed E-state index contributed by atoms with van der Waals surface area (Å²) in [5, 5.41) is 8.70. The lowest BCUT2D eigenvalue weighted by atomic mass is 10.2. The molecule has 1 saturated carbocycles. The largest absolute Gasteiger partial charge is 0.384 e. The third-order valence-corrected chi connectivity index (χ3v) is 5.10. The van der Waals surface area contributed by atoms with Gasteiger partial charge in [0, 0.05) is 18.2 Å². The predicted molar refractivity (Wildman–Crippen MR) is 77.6 cm³/mol. The van der Waals surface area contributed by atoms with E-state index in [1.165, 1.54) is 0 Å². The molecule has 20 heavy (non-hydrogen) atoms. The van der Waals surface area contributed by atoms with Crippen molar-refractivity contribution in [1.29, 1.82) is 0 Å². The minimum atomic E-state index is -3.44. The van der Waals surface area contributed by atoms with Gasteiger partial charge in [-0.05, 0) is 37.5 Å². The molecule has 0 heterocycles. The number of aliphatic hydroxyl groups excluding tert-OH is 1. The zero-order valence-corrected chi connectivity index (χ0v) is 12.4. The van der Waals surface area contributed by atoms with Gasteiger partial charge in [-0.15, -0.1) is 0 Å².